The number of fused-ring (bicyclic) bond motifs is 1. The normalized spacial score (nSPS) is 21.3. The number of aliphatic hydroxyl groups is 1. The number of nitrogens with zero attached hydrogens (tertiary/aromatic N) is 3. The van der Waals surface area contributed by atoms with Crippen molar-refractivity contribution in [1.29, 1.82) is 0 Å². The van der Waals surface area contributed by atoms with Gasteiger partial charge in [-0.25, -0.2) is 9.97 Å². The number of ether oxygens (including phenoxy) is 1. The highest BCUT2D eigenvalue weighted by Crippen LogP contribution is 2.38. The Morgan fingerprint density at radius 1 is 1.32 bits per heavy atom. The molecule has 4 heterocycles. The topological polar surface area (TPSA) is 75.6 Å². The molecule has 0 spiro atoms. The number of hydrogen-bond acceptors (Lipinski definition) is 6. The molecule has 0 fully saturated rings. The van der Waals surface area contributed by atoms with Crippen LogP contribution in [0, 0.1) is 0 Å². The predicted octanol–water partition coefficient (Wildman–Crippen LogP) is 1.92. The second-order valence-corrected chi connectivity index (χ2v) is 6.31. The lowest BCUT2D eigenvalue weighted by Gasteiger charge is -2.20. The van der Waals surface area contributed by atoms with E-state index in [1.54, 1.807) is 24.3 Å². The number of hydrogen-bond donors (Lipinski definition) is 1. The summed E-state index contributed by atoms with van der Waals surface area (Å²) in [5.41, 5.74) is 0.420. The average molecular weight is 336 g/mol. The molecule has 1 N–H and O–H groups in total. The molecule has 2 aliphatic heterocycles. The summed E-state index contributed by atoms with van der Waals surface area (Å²) in [6.45, 7) is 0.456. The molecule has 0 bridgehead atoms. The third-order valence-electron chi connectivity index (χ3n) is 3.45. The van der Waals surface area contributed by atoms with Gasteiger partial charge in [-0.3, -0.25) is 9.69 Å². The Labute approximate surface area is 134 Å². The highest BCUT2D eigenvalue weighted by molar-refractivity contribution is 8.03. The van der Waals surface area contributed by atoms with Crippen molar-refractivity contribution in [3.63, 3.8) is 0 Å². The predicted molar refractivity (Wildman–Crippen MR) is 83.5 cm³/mol. The lowest BCUT2D eigenvalue weighted by molar-refractivity contribution is -0.118. The van der Waals surface area contributed by atoms with Gasteiger partial charge in [0.2, 0.25) is 0 Å². The number of carbonyl (C=O) groups excluding carboxylic acids is 1. The number of carbonyl (C=O) groups is 1. The van der Waals surface area contributed by atoms with Crippen LogP contribution in [0.3, 0.4) is 0 Å². The van der Waals surface area contributed by atoms with E-state index in [1.807, 2.05) is 0 Å². The molecule has 2 aromatic rings. The van der Waals surface area contributed by atoms with Crippen LogP contribution in [0.25, 0.3) is 11.0 Å². The van der Waals surface area contributed by atoms with Gasteiger partial charge >= 0.3 is 0 Å². The smallest absolute Gasteiger partial charge is 0.297 e. The lowest BCUT2D eigenvalue weighted by atomic mass is 10.3. The minimum absolute atomic E-state index is 0.213. The van der Waals surface area contributed by atoms with Gasteiger partial charge in [-0.15, -0.1) is 11.8 Å². The first-order valence-corrected chi connectivity index (χ1v) is 7.96. The van der Waals surface area contributed by atoms with Crippen LogP contribution in [0.4, 0.5) is 5.82 Å². The standard InChI is InChI=1S/C14H10ClN3O3S/c15-8-3-1-7-2-4-9(17-12(7)16-8)18-13(19)10-11(14(18)20)22-6-5-21-10/h1-4,14,20H,5-6H2. The summed E-state index contributed by atoms with van der Waals surface area (Å²) in [6.07, 6.45) is -1.07. The number of anilines is 1. The van der Waals surface area contributed by atoms with Crippen LogP contribution in [0.1, 0.15) is 0 Å². The maximum atomic E-state index is 12.4. The van der Waals surface area contributed by atoms with E-state index >= 15 is 0 Å². The second kappa shape index (κ2) is 5.12. The molecule has 6 nitrogen and oxygen atoms in total. The van der Waals surface area contributed by atoms with Crippen molar-refractivity contribution in [3.05, 3.63) is 40.1 Å². The molecule has 0 saturated carbocycles. The molecular formula is C14H10ClN3O3S. The van der Waals surface area contributed by atoms with E-state index in [-0.39, 0.29) is 11.7 Å². The van der Waals surface area contributed by atoms with E-state index in [4.69, 9.17) is 16.3 Å². The quantitative estimate of drug-likeness (QED) is 0.802. The first-order valence-electron chi connectivity index (χ1n) is 6.60. The van der Waals surface area contributed by atoms with Crippen molar-refractivity contribution >= 4 is 46.1 Å². The number of halogens is 1. The van der Waals surface area contributed by atoms with E-state index in [0.717, 1.165) is 5.39 Å². The maximum absolute atomic E-state index is 12.4. The van der Waals surface area contributed by atoms with E-state index < -0.39 is 6.23 Å². The summed E-state index contributed by atoms with van der Waals surface area (Å²) >= 11 is 7.30. The van der Waals surface area contributed by atoms with Gasteiger partial charge < -0.3 is 9.84 Å². The fourth-order valence-electron chi connectivity index (χ4n) is 2.46. The molecule has 0 saturated heterocycles. The fourth-order valence-corrected chi connectivity index (χ4v) is 3.52. The Bertz CT molecular complexity index is 826. The van der Waals surface area contributed by atoms with Gasteiger partial charge in [0.1, 0.15) is 11.0 Å². The Morgan fingerprint density at radius 2 is 2.14 bits per heavy atom. The van der Waals surface area contributed by atoms with Crippen LogP contribution in [-0.4, -0.2) is 39.6 Å². The minimum atomic E-state index is -1.07. The highest BCUT2D eigenvalue weighted by atomic mass is 35.5. The first kappa shape index (κ1) is 13.8. The summed E-state index contributed by atoms with van der Waals surface area (Å²) in [5, 5.41) is 11.5. The number of pyridine rings is 2. The van der Waals surface area contributed by atoms with Crippen molar-refractivity contribution in [3.8, 4) is 0 Å². The fraction of sp³-hybridized carbons (Fsp3) is 0.214. The SMILES string of the molecule is O=C1C2=C(SCCO2)C(O)N1c1ccc2ccc(Cl)nc2n1. The van der Waals surface area contributed by atoms with Crippen LogP contribution >= 0.6 is 23.4 Å². The average Bonchev–Trinajstić information content (AvgIpc) is 2.79. The van der Waals surface area contributed by atoms with Gasteiger partial charge in [0.05, 0.1) is 11.5 Å². The highest BCUT2D eigenvalue weighted by Gasteiger charge is 2.43. The van der Waals surface area contributed by atoms with Crippen LogP contribution in [0.15, 0.2) is 34.9 Å². The van der Waals surface area contributed by atoms with Crippen molar-refractivity contribution in [2.45, 2.75) is 6.23 Å². The molecular weight excluding hydrogens is 326 g/mol. The monoisotopic (exact) mass is 335 g/mol. The van der Waals surface area contributed by atoms with Crippen molar-refractivity contribution in [2.24, 2.45) is 0 Å². The number of aromatic nitrogens is 2. The van der Waals surface area contributed by atoms with E-state index in [9.17, 15) is 9.90 Å². The van der Waals surface area contributed by atoms with Crippen molar-refractivity contribution in [2.75, 3.05) is 17.3 Å². The summed E-state index contributed by atoms with van der Waals surface area (Å²) < 4.78 is 5.39. The van der Waals surface area contributed by atoms with Gasteiger partial charge in [0, 0.05) is 11.1 Å². The zero-order valence-electron chi connectivity index (χ0n) is 11.2. The van der Waals surface area contributed by atoms with Crippen molar-refractivity contribution in [1.82, 2.24) is 9.97 Å². The summed E-state index contributed by atoms with van der Waals surface area (Å²) in [7, 11) is 0. The van der Waals surface area contributed by atoms with Crippen LogP contribution in [0.5, 0.6) is 0 Å². The number of rotatable bonds is 1. The Morgan fingerprint density at radius 3 is 2.95 bits per heavy atom. The summed E-state index contributed by atoms with van der Waals surface area (Å²) in [4.78, 5) is 22.7. The Balaban J connectivity index is 1.77. The van der Waals surface area contributed by atoms with Gasteiger partial charge in [0.15, 0.2) is 17.6 Å². The summed E-state index contributed by atoms with van der Waals surface area (Å²) in [5.74, 6) is 0.853. The molecule has 1 amide bonds. The minimum Gasteiger partial charge on any atom is -0.486 e. The first-order chi connectivity index (χ1) is 10.6. The zero-order chi connectivity index (χ0) is 15.3. The van der Waals surface area contributed by atoms with Crippen LogP contribution in [-0.2, 0) is 9.53 Å². The number of aliphatic hydroxyl groups excluding tert-OH is 1. The third-order valence-corrected chi connectivity index (χ3v) is 4.74. The lowest BCUT2D eigenvalue weighted by Crippen LogP contribution is -2.36. The molecule has 2 aliphatic rings. The molecule has 8 heteroatoms. The second-order valence-electron chi connectivity index (χ2n) is 4.79. The molecule has 0 aromatic carbocycles. The molecule has 0 radical (unpaired) electrons. The van der Waals surface area contributed by atoms with Gasteiger partial charge in [-0.1, -0.05) is 11.6 Å². The number of thioether (sulfide) groups is 1. The van der Waals surface area contributed by atoms with E-state index in [1.165, 1.54) is 16.7 Å². The molecule has 1 atom stereocenters. The van der Waals surface area contributed by atoms with Gasteiger partial charge in [-0.2, -0.15) is 0 Å². The van der Waals surface area contributed by atoms with E-state index in [2.05, 4.69) is 9.97 Å². The van der Waals surface area contributed by atoms with Crippen LogP contribution in [0.2, 0.25) is 5.15 Å². The third kappa shape index (κ3) is 2.05. The summed E-state index contributed by atoms with van der Waals surface area (Å²) in [6, 6.07) is 6.92. The molecule has 2 aromatic heterocycles. The molecule has 4 rings (SSSR count). The largest absolute Gasteiger partial charge is 0.486 e. The zero-order valence-corrected chi connectivity index (χ0v) is 12.8. The molecule has 0 aliphatic carbocycles. The molecule has 1 unspecified atom stereocenters. The Hall–Kier alpha value is -1.83. The van der Waals surface area contributed by atoms with Crippen LogP contribution < -0.4 is 4.90 Å². The molecule has 22 heavy (non-hydrogen) atoms. The van der Waals surface area contributed by atoms with Gasteiger partial charge in [0.25, 0.3) is 5.91 Å². The van der Waals surface area contributed by atoms with Gasteiger partial charge in [-0.05, 0) is 24.3 Å². The number of amides is 1. The maximum Gasteiger partial charge on any atom is 0.297 e. The molecule has 112 valence electrons. The Kier molecular flexibility index (Phi) is 3.21. The van der Waals surface area contributed by atoms with Crippen molar-refractivity contribution < 1.29 is 14.6 Å². The van der Waals surface area contributed by atoms with E-state index in [0.29, 0.717) is 33.9 Å².